The van der Waals surface area contributed by atoms with E-state index in [2.05, 4.69) is 4.98 Å². The molecular weight excluding hydrogens is 285 g/mol. The first-order valence-electron chi connectivity index (χ1n) is 5.56. The number of thioether (sulfide) groups is 1. The van der Waals surface area contributed by atoms with Gasteiger partial charge in [-0.2, -0.15) is 0 Å². The second-order valence-electron chi connectivity index (χ2n) is 4.06. The van der Waals surface area contributed by atoms with Crippen LogP contribution >= 0.6 is 23.1 Å². The fraction of sp³-hybridized carbons (Fsp3) is 0.231. The van der Waals surface area contributed by atoms with E-state index in [-0.39, 0.29) is 10.7 Å². The lowest BCUT2D eigenvalue weighted by Crippen LogP contribution is -1.94. The summed E-state index contributed by atoms with van der Waals surface area (Å²) in [7, 11) is 0. The molecule has 2 aromatic rings. The van der Waals surface area contributed by atoms with Gasteiger partial charge < -0.3 is 5.11 Å². The number of hydrogen-bond donors (Lipinski definition) is 1. The van der Waals surface area contributed by atoms with Gasteiger partial charge in [-0.05, 0) is 37.1 Å². The maximum Gasteiger partial charge on any atom is 0.347 e. The van der Waals surface area contributed by atoms with E-state index in [1.165, 1.54) is 23.9 Å². The Balaban J connectivity index is 2.12. The van der Waals surface area contributed by atoms with Gasteiger partial charge in [0.1, 0.15) is 10.7 Å². The van der Waals surface area contributed by atoms with Gasteiger partial charge >= 0.3 is 5.97 Å². The Morgan fingerprint density at radius 2 is 2.21 bits per heavy atom. The van der Waals surface area contributed by atoms with Gasteiger partial charge in [-0.15, -0.1) is 11.3 Å². The standard InChI is InChI=1S/C13H12FNO2S2/c1-7-3-4-10(14)5-9(7)6-18-13-15-8(2)11(19-13)12(16)17/h3-5H,6H2,1-2H3,(H,16,17). The molecule has 0 aliphatic heterocycles. The normalized spacial score (nSPS) is 10.7. The highest BCUT2D eigenvalue weighted by Crippen LogP contribution is 2.30. The van der Waals surface area contributed by atoms with Crippen molar-refractivity contribution in [3.8, 4) is 0 Å². The van der Waals surface area contributed by atoms with E-state index in [4.69, 9.17) is 5.11 Å². The number of halogens is 1. The van der Waals surface area contributed by atoms with E-state index in [1.807, 2.05) is 6.92 Å². The fourth-order valence-electron chi connectivity index (χ4n) is 1.57. The minimum absolute atomic E-state index is 0.261. The zero-order valence-corrected chi connectivity index (χ0v) is 12.1. The van der Waals surface area contributed by atoms with Crippen molar-refractivity contribution in [2.75, 3.05) is 0 Å². The van der Waals surface area contributed by atoms with Gasteiger partial charge in [0.15, 0.2) is 4.34 Å². The van der Waals surface area contributed by atoms with Crippen LogP contribution in [0.2, 0.25) is 0 Å². The van der Waals surface area contributed by atoms with Crippen LogP contribution in [0, 0.1) is 19.7 Å². The lowest BCUT2D eigenvalue weighted by molar-refractivity contribution is 0.0701. The minimum atomic E-state index is -0.955. The molecule has 0 aliphatic carbocycles. The Hall–Kier alpha value is -1.40. The van der Waals surface area contributed by atoms with Gasteiger partial charge in [-0.1, -0.05) is 17.8 Å². The smallest absolute Gasteiger partial charge is 0.347 e. The Bertz CT molecular complexity index is 625. The molecule has 3 nitrogen and oxygen atoms in total. The van der Waals surface area contributed by atoms with E-state index in [9.17, 15) is 9.18 Å². The molecule has 0 unspecified atom stereocenters. The molecule has 6 heteroatoms. The molecule has 0 saturated carbocycles. The second kappa shape index (κ2) is 5.71. The molecule has 0 saturated heterocycles. The van der Waals surface area contributed by atoms with Crippen LogP contribution < -0.4 is 0 Å². The first-order valence-corrected chi connectivity index (χ1v) is 7.36. The van der Waals surface area contributed by atoms with Gasteiger partial charge in [-0.25, -0.2) is 14.2 Å². The number of carboxylic acids is 1. The topological polar surface area (TPSA) is 50.2 Å². The van der Waals surface area contributed by atoms with Crippen molar-refractivity contribution in [2.24, 2.45) is 0 Å². The highest BCUT2D eigenvalue weighted by molar-refractivity contribution is 8.00. The molecule has 100 valence electrons. The number of carbonyl (C=O) groups is 1. The van der Waals surface area contributed by atoms with Crippen molar-refractivity contribution in [1.82, 2.24) is 4.98 Å². The van der Waals surface area contributed by atoms with Crippen LogP contribution in [0.1, 0.15) is 26.5 Å². The molecule has 1 N–H and O–H groups in total. The highest BCUT2D eigenvalue weighted by atomic mass is 32.2. The number of hydrogen-bond acceptors (Lipinski definition) is 4. The lowest BCUT2D eigenvalue weighted by atomic mass is 10.1. The van der Waals surface area contributed by atoms with Crippen molar-refractivity contribution in [3.63, 3.8) is 0 Å². The van der Waals surface area contributed by atoms with E-state index in [1.54, 1.807) is 13.0 Å². The summed E-state index contributed by atoms with van der Waals surface area (Å²) in [6, 6.07) is 4.67. The third kappa shape index (κ3) is 3.33. The van der Waals surface area contributed by atoms with Crippen molar-refractivity contribution in [2.45, 2.75) is 23.9 Å². The molecule has 0 atom stereocenters. The summed E-state index contributed by atoms with van der Waals surface area (Å²) >= 11 is 2.58. The van der Waals surface area contributed by atoms with Gasteiger partial charge in [0.2, 0.25) is 0 Å². The van der Waals surface area contributed by atoms with Gasteiger partial charge in [0.05, 0.1) is 5.69 Å². The van der Waals surface area contributed by atoms with Crippen LogP contribution in [-0.2, 0) is 5.75 Å². The third-order valence-corrected chi connectivity index (χ3v) is 4.97. The van der Waals surface area contributed by atoms with Crippen molar-refractivity contribution in [1.29, 1.82) is 0 Å². The summed E-state index contributed by atoms with van der Waals surface area (Å²) in [6.45, 7) is 3.60. The molecule has 0 amide bonds. The molecule has 1 heterocycles. The maximum atomic E-state index is 13.1. The summed E-state index contributed by atoms with van der Waals surface area (Å²) in [5.74, 6) is -0.637. The number of rotatable bonds is 4. The number of aromatic nitrogens is 1. The average Bonchev–Trinajstić information content (AvgIpc) is 2.72. The summed E-state index contributed by atoms with van der Waals surface area (Å²) in [6.07, 6.45) is 0. The predicted octanol–water partition coefficient (Wildman–Crippen LogP) is 3.89. The molecule has 0 bridgehead atoms. The van der Waals surface area contributed by atoms with Gasteiger partial charge in [0.25, 0.3) is 0 Å². The summed E-state index contributed by atoms with van der Waals surface area (Å²) < 4.78 is 13.8. The van der Waals surface area contributed by atoms with Gasteiger partial charge in [0, 0.05) is 5.75 Å². The van der Waals surface area contributed by atoms with Crippen LogP contribution in [0.25, 0.3) is 0 Å². The second-order valence-corrected chi connectivity index (χ2v) is 6.28. The molecule has 0 aliphatic rings. The molecule has 19 heavy (non-hydrogen) atoms. The SMILES string of the molecule is Cc1ccc(F)cc1CSc1nc(C)c(C(=O)O)s1. The number of benzene rings is 1. The van der Waals surface area contributed by atoms with E-state index in [0.717, 1.165) is 22.5 Å². The average molecular weight is 297 g/mol. The van der Waals surface area contributed by atoms with E-state index >= 15 is 0 Å². The Morgan fingerprint density at radius 3 is 2.84 bits per heavy atom. The van der Waals surface area contributed by atoms with Crippen LogP contribution in [0.5, 0.6) is 0 Å². The Morgan fingerprint density at radius 1 is 1.47 bits per heavy atom. The Labute approximate surface area is 118 Å². The van der Waals surface area contributed by atoms with Crippen LogP contribution in [0.3, 0.4) is 0 Å². The van der Waals surface area contributed by atoms with Gasteiger partial charge in [-0.3, -0.25) is 0 Å². The van der Waals surface area contributed by atoms with Crippen molar-refractivity contribution < 1.29 is 14.3 Å². The number of thiazole rings is 1. The molecule has 0 spiro atoms. The largest absolute Gasteiger partial charge is 0.477 e. The highest BCUT2D eigenvalue weighted by Gasteiger charge is 2.14. The molecule has 1 aromatic carbocycles. The monoisotopic (exact) mass is 297 g/mol. The first-order chi connectivity index (χ1) is 8.97. The van der Waals surface area contributed by atoms with Crippen LogP contribution in [-0.4, -0.2) is 16.1 Å². The Kier molecular flexibility index (Phi) is 4.21. The maximum absolute atomic E-state index is 13.1. The van der Waals surface area contributed by atoms with Crippen LogP contribution in [0.4, 0.5) is 4.39 Å². The summed E-state index contributed by atoms with van der Waals surface area (Å²) in [5, 5.41) is 8.96. The molecular formula is C13H12FNO2S2. The zero-order valence-electron chi connectivity index (χ0n) is 10.4. The number of carboxylic acid groups (broad SMARTS) is 1. The summed E-state index contributed by atoms with van der Waals surface area (Å²) in [5.41, 5.74) is 2.44. The molecule has 1 aromatic heterocycles. The zero-order chi connectivity index (χ0) is 14.0. The molecule has 0 radical (unpaired) electrons. The summed E-state index contributed by atoms with van der Waals surface area (Å²) in [4.78, 5) is 15.4. The first kappa shape index (κ1) is 14.0. The molecule has 0 fully saturated rings. The fourth-order valence-corrected chi connectivity index (χ4v) is 3.66. The minimum Gasteiger partial charge on any atom is -0.477 e. The number of aryl methyl sites for hydroxylation is 2. The van der Waals surface area contributed by atoms with Crippen LogP contribution in [0.15, 0.2) is 22.5 Å². The van der Waals surface area contributed by atoms with Crippen molar-refractivity contribution in [3.05, 3.63) is 45.7 Å². The third-order valence-electron chi connectivity index (χ3n) is 2.63. The number of aromatic carboxylic acids is 1. The predicted molar refractivity (Wildman–Crippen MR) is 74.5 cm³/mol. The van der Waals surface area contributed by atoms with E-state index in [0.29, 0.717) is 15.8 Å². The van der Waals surface area contributed by atoms with E-state index < -0.39 is 5.97 Å². The van der Waals surface area contributed by atoms with Crippen molar-refractivity contribution >= 4 is 29.1 Å². The lowest BCUT2D eigenvalue weighted by Gasteiger charge is -2.03. The quantitative estimate of drug-likeness (QED) is 0.870. The molecule has 2 rings (SSSR count). The number of nitrogens with zero attached hydrogens (tertiary/aromatic N) is 1.